The summed E-state index contributed by atoms with van der Waals surface area (Å²) in [6, 6.07) is 4.87. The van der Waals surface area contributed by atoms with Gasteiger partial charge in [-0.2, -0.15) is 0 Å². The average molecular weight is 345 g/mol. The van der Waals surface area contributed by atoms with Gasteiger partial charge in [0, 0.05) is 4.47 Å². The van der Waals surface area contributed by atoms with Crippen LogP contribution in [0.15, 0.2) is 22.7 Å². The first-order valence-corrected chi connectivity index (χ1v) is 7.00. The Labute approximate surface area is 126 Å². The quantitative estimate of drug-likeness (QED) is 0.805. The maximum atomic E-state index is 12.2. The normalized spacial score (nSPS) is 12.1. The van der Waals surface area contributed by atoms with Crippen LogP contribution in [0.4, 0.5) is 0 Å². The van der Waals surface area contributed by atoms with E-state index in [2.05, 4.69) is 21.2 Å². The first-order valence-electron chi connectivity index (χ1n) is 5.80. The van der Waals surface area contributed by atoms with Gasteiger partial charge in [0.05, 0.1) is 23.7 Å². The molecule has 4 nitrogen and oxygen atoms in total. The number of carbonyl (C=O) groups excluding carboxylic acids is 1. The van der Waals surface area contributed by atoms with E-state index in [1.165, 1.54) is 0 Å². The number of hydrogen-bond donors (Lipinski definition) is 2. The minimum absolute atomic E-state index is 0.130. The van der Waals surface area contributed by atoms with Crippen molar-refractivity contribution >= 4 is 39.0 Å². The highest BCUT2D eigenvalue weighted by Gasteiger charge is 2.21. The smallest absolute Gasteiger partial charge is 0.253 e. The molecule has 0 heterocycles. The largest absolute Gasteiger partial charge is 0.497 e. The topological polar surface area (TPSA) is 64.3 Å². The van der Waals surface area contributed by atoms with Crippen molar-refractivity contribution in [3.8, 4) is 5.75 Å². The fraction of sp³-hybridized carbons (Fsp3) is 0.385. The number of thiocarbonyl (C=S) groups is 1. The van der Waals surface area contributed by atoms with Gasteiger partial charge in [-0.15, -0.1) is 0 Å². The lowest BCUT2D eigenvalue weighted by molar-refractivity contribution is 0.0938. The molecule has 0 aliphatic carbocycles. The van der Waals surface area contributed by atoms with Gasteiger partial charge in [-0.3, -0.25) is 4.79 Å². The molecule has 0 fully saturated rings. The van der Waals surface area contributed by atoms with Gasteiger partial charge in [0.2, 0.25) is 0 Å². The Kier molecular flexibility index (Phi) is 5.75. The van der Waals surface area contributed by atoms with Crippen LogP contribution in [-0.2, 0) is 0 Å². The molecule has 0 saturated heterocycles. The number of nitrogens with two attached hydrogens (primary N) is 1. The highest BCUT2D eigenvalue weighted by atomic mass is 79.9. The van der Waals surface area contributed by atoms with E-state index in [9.17, 15) is 4.79 Å². The van der Waals surface area contributed by atoms with Crippen LogP contribution < -0.4 is 15.8 Å². The molecule has 0 bridgehead atoms. The Morgan fingerprint density at radius 1 is 1.47 bits per heavy atom. The lowest BCUT2D eigenvalue weighted by atomic mass is 10.0. The predicted molar refractivity (Wildman–Crippen MR) is 83.6 cm³/mol. The summed E-state index contributed by atoms with van der Waals surface area (Å²) in [5, 5.41) is 2.83. The first-order chi connectivity index (χ1) is 8.86. The predicted octanol–water partition coefficient (Wildman–Crippen LogP) is 2.50. The zero-order chi connectivity index (χ0) is 14.6. The average Bonchev–Trinajstić information content (AvgIpc) is 2.35. The SMILES string of the molecule is COc1ccc(Br)c(C(=O)NC(C(N)=S)C(C)C)c1. The summed E-state index contributed by atoms with van der Waals surface area (Å²) in [6.45, 7) is 3.90. The second kappa shape index (κ2) is 6.86. The van der Waals surface area contributed by atoms with Crippen molar-refractivity contribution in [1.29, 1.82) is 0 Å². The lowest BCUT2D eigenvalue weighted by Crippen LogP contribution is -2.46. The summed E-state index contributed by atoms with van der Waals surface area (Å²) < 4.78 is 5.80. The van der Waals surface area contributed by atoms with Crippen LogP contribution in [-0.4, -0.2) is 24.0 Å². The molecule has 1 unspecified atom stereocenters. The van der Waals surface area contributed by atoms with E-state index in [-0.39, 0.29) is 22.9 Å². The molecule has 0 aromatic heterocycles. The second-order valence-electron chi connectivity index (χ2n) is 4.44. The van der Waals surface area contributed by atoms with Gasteiger partial charge < -0.3 is 15.8 Å². The summed E-state index contributed by atoms with van der Waals surface area (Å²) in [7, 11) is 1.55. The minimum atomic E-state index is -0.333. The van der Waals surface area contributed by atoms with Crippen molar-refractivity contribution in [1.82, 2.24) is 5.32 Å². The van der Waals surface area contributed by atoms with Gasteiger partial charge in [0.1, 0.15) is 5.75 Å². The number of amides is 1. The summed E-state index contributed by atoms with van der Waals surface area (Å²) >= 11 is 8.31. The van der Waals surface area contributed by atoms with E-state index in [4.69, 9.17) is 22.7 Å². The van der Waals surface area contributed by atoms with Gasteiger partial charge in [-0.25, -0.2) is 0 Å². The van der Waals surface area contributed by atoms with E-state index in [0.717, 1.165) is 0 Å². The molecule has 6 heteroatoms. The van der Waals surface area contributed by atoms with Gasteiger partial charge in [0.25, 0.3) is 5.91 Å². The molecule has 0 spiro atoms. The van der Waals surface area contributed by atoms with Crippen LogP contribution in [0.3, 0.4) is 0 Å². The molecule has 0 aliphatic rings. The number of rotatable bonds is 5. The Morgan fingerprint density at radius 2 is 2.11 bits per heavy atom. The van der Waals surface area contributed by atoms with Crippen LogP contribution in [0.25, 0.3) is 0 Å². The van der Waals surface area contributed by atoms with Gasteiger partial charge in [0.15, 0.2) is 0 Å². The summed E-state index contributed by atoms with van der Waals surface area (Å²) in [6.07, 6.45) is 0. The van der Waals surface area contributed by atoms with Crippen LogP contribution in [0.2, 0.25) is 0 Å². The number of methoxy groups -OCH3 is 1. The van der Waals surface area contributed by atoms with Crippen molar-refractivity contribution in [2.45, 2.75) is 19.9 Å². The number of halogens is 1. The number of hydrogen-bond acceptors (Lipinski definition) is 3. The zero-order valence-electron chi connectivity index (χ0n) is 11.1. The van der Waals surface area contributed by atoms with Gasteiger partial charge in [-0.1, -0.05) is 26.1 Å². The maximum absolute atomic E-state index is 12.2. The molecule has 3 N–H and O–H groups in total. The molecule has 104 valence electrons. The van der Waals surface area contributed by atoms with Crippen LogP contribution in [0.5, 0.6) is 5.75 Å². The van der Waals surface area contributed by atoms with Crippen molar-refractivity contribution in [3.63, 3.8) is 0 Å². The third-order valence-corrected chi connectivity index (χ3v) is 3.62. The number of carbonyl (C=O) groups is 1. The van der Waals surface area contributed by atoms with Gasteiger partial charge >= 0.3 is 0 Å². The zero-order valence-corrected chi connectivity index (χ0v) is 13.5. The first kappa shape index (κ1) is 15.9. The fourth-order valence-electron chi connectivity index (χ4n) is 1.59. The van der Waals surface area contributed by atoms with E-state index in [1.807, 2.05) is 13.8 Å². The highest BCUT2D eigenvalue weighted by Crippen LogP contribution is 2.22. The van der Waals surface area contributed by atoms with Crippen molar-refractivity contribution < 1.29 is 9.53 Å². The Morgan fingerprint density at radius 3 is 2.58 bits per heavy atom. The molecule has 0 saturated carbocycles. The van der Waals surface area contributed by atoms with Gasteiger partial charge in [-0.05, 0) is 40.0 Å². The molecule has 1 amide bonds. The maximum Gasteiger partial charge on any atom is 0.253 e. The number of ether oxygens (including phenoxy) is 1. The number of nitrogens with one attached hydrogen (secondary N) is 1. The fourth-order valence-corrected chi connectivity index (χ4v) is 2.35. The molecule has 1 aromatic rings. The standard InChI is InChI=1S/C13H17BrN2O2S/c1-7(2)11(12(15)19)16-13(17)9-6-8(18-3)4-5-10(9)14/h4-7,11H,1-3H3,(H2,15,19)(H,16,17). The molecule has 1 rings (SSSR count). The summed E-state index contributed by atoms with van der Waals surface area (Å²) in [5.74, 6) is 0.507. The third-order valence-electron chi connectivity index (χ3n) is 2.68. The highest BCUT2D eigenvalue weighted by molar-refractivity contribution is 9.10. The lowest BCUT2D eigenvalue weighted by Gasteiger charge is -2.21. The Hall–Kier alpha value is -1.14. The molecule has 1 atom stereocenters. The molecule has 19 heavy (non-hydrogen) atoms. The number of benzene rings is 1. The van der Waals surface area contributed by atoms with E-state index in [1.54, 1.807) is 25.3 Å². The van der Waals surface area contributed by atoms with Crippen LogP contribution in [0.1, 0.15) is 24.2 Å². The van der Waals surface area contributed by atoms with E-state index < -0.39 is 0 Å². The monoisotopic (exact) mass is 344 g/mol. The van der Waals surface area contributed by atoms with Crippen molar-refractivity contribution in [2.24, 2.45) is 11.7 Å². The van der Waals surface area contributed by atoms with E-state index in [0.29, 0.717) is 15.8 Å². The molecular weight excluding hydrogens is 328 g/mol. The molecule has 0 radical (unpaired) electrons. The molecular formula is C13H17BrN2O2S. The van der Waals surface area contributed by atoms with E-state index >= 15 is 0 Å². The summed E-state index contributed by atoms with van der Waals surface area (Å²) in [5.41, 5.74) is 6.13. The minimum Gasteiger partial charge on any atom is -0.497 e. The summed E-state index contributed by atoms with van der Waals surface area (Å²) in [4.78, 5) is 12.5. The van der Waals surface area contributed by atoms with Crippen LogP contribution >= 0.6 is 28.1 Å². The Bertz CT molecular complexity index is 492. The Balaban J connectivity index is 2.97. The van der Waals surface area contributed by atoms with Crippen molar-refractivity contribution in [2.75, 3.05) is 7.11 Å². The molecule has 0 aliphatic heterocycles. The van der Waals surface area contributed by atoms with Crippen molar-refractivity contribution in [3.05, 3.63) is 28.2 Å². The van der Waals surface area contributed by atoms with Crippen LogP contribution in [0, 0.1) is 5.92 Å². The third kappa shape index (κ3) is 4.18. The second-order valence-corrected chi connectivity index (χ2v) is 5.77. The molecule has 1 aromatic carbocycles.